The monoisotopic (exact) mass is 370 g/mol. The van der Waals surface area contributed by atoms with E-state index in [1.165, 1.54) is 28.2 Å². The largest absolute Gasteiger partial charge is 0.465 e. The second-order valence-electron chi connectivity index (χ2n) is 5.26. The van der Waals surface area contributed by atoms with Crippen molar-refractivity contribution in [2.75, 3.05) is 19.7 Å². The van der Waals surface area contributed by atoms with Crippen molar-refractivity contribution < 1.29 is 22.4 Å². The maximum Gasteiger partial charge on any atom is 0.319 e. The summed E-state index contributed by atoms with van der Waals surface area (Å²) in [6, 6.07) is 4.61. The van der Waals surface area contributed by atoms with Crippen molar-refractivity contribution in [3.63, 3.8) is 0 Å². The molecule has 1 aliphatic heterocycles. The number of thioether (sulfide) groups is 1. The number of nitrogens with zero attached hydrogens (tertiary/aromatic N) is 2. The van der Waals surface area contributed by atoms with E-state index in [0.717, 1.165) is 0 Å². The fourth-order valence-electron chi connectivity index (χ4n) is 2.52. The van der Waals surface area contributed by atoms with Gasteiger partial charge < -0.3 is 9.15 Å². The van der Waals surface area contributed by atoms with Crippen molar-refractivity contribution in [2.45, 2.75) is 35.6 Å². The van der Waals surface area contributed by atoms with Crippen molar-refractivity contribution in [1.29, 1.82) is 0 Å². The Hall–Kier alpha value is -1.58. The molecule has 1 saturated heterocycles. The van der Waals surface area contributed by atoms with Crippen LogP contribution in [-0.4, -0.2) is 48.6 Å². The summed E-state index contributed by atoms with van der Waals surface area (Å²) in [4.78, 5) is 16.0. The van der Waals surface area contributed by atoms with Gasteiger partial charge in [-0.1, -0.05) is 25.6 Å². The summed E-state index contributed by atoms with van der Waals surface area (Å²) in [5, 5.41) is 0.0168. The van der Waals surface area contributed by atoms with Crippen molar-refractivity contribution in [3.05, 3.63) is 18.2 Å². The number of fused-ring (bicyclic) bond motifs is 1. The molecule has 2 aromatic rings. The zero-order chi connectivity index (χ0) is 17.3. The molecule has 0 saturated carbocycles. The molecule has 0 bridgehead atoms. The van der Waals surface area contributed by atoms with E-state index in [0.29, 0.717) is 42.4 Å². The van der Waals surface area contributed by atoms with Gasteiger partial charge in [0.25, 0.3) is 5.22 Å². The van der Waals surface area contributed by atoms with Crippen LogP contribution in [-0.2, 0) is 19.6 Å². The fourth-order valence-corrected chi connectivity index (χ4v) is 4.90. The Labute approximate surface area is 144 Å². The third-order valence-electron chi connectivity index (χ3n) is 3.81. The standard InChI is InChI=1S/C15H18N2O5S2/c1-3-17(4-2)24(19,20)10-5-6-12-11(9-10)16-15(22-12)23-13-7-8-21-14(13)18/h5-6,9,13H,3-4,7-8H2,1-2H3/t13-/m0/s1. The van der Waals surface area contributed by atoms with E-state index in [1.807, 2.05) is 0 Å². The van der Waals surface area contributed by atoms with Crippen LogP contribution < -0.4 is 0 Å². The highest BCUT2D eigenvalue weighted by Crippen LogP contribution is 2.32. The van der Waals surface area contributed by atoms with Gasteiger partial charge in [-0.05, 0) is 18.2 Å². The topological polar surface area (TPSA) is 89.7 Å². The Morgan fingerprint density at radius 2 is 2.08 bits per heavy atom. The van der Waals surface area contributed by atoms with Crippen LogP contribution in [0.15, 0.2) is 32.7 Å². The van der Waals surface area contributed by atoms with Gasteiger partial charge in [0, 0.05) is 19.5 Å². The van der Waals surface area contributed by atoms with Crippen LogP contribution in [0.4, 0.5) is 0 Å². The minimum absolute atomic E-state index is 0.184. The van der Waals surface area contributed by atoms with Crippen molar-refractivity contribution in [1.82, 2.24) is 9.29 Å². The van der Waals surface area contributed by atoms with Gasteiger partial charge in [0.2, 0.25) is 10.0 Å². The lowest BCUT2D eigenvalue weighted by molar-refractivity contribution is -0.137. The first kappa shape index (κ1) is 17.2. The molecule has 0 N–H and O–H groups in total. The number of cyclic esters (lactones) is 1. The number of carbonyl (C=O) groups excluding carboxylic acids is 1. The molecular weight excluding hydrogens is 352 g/mol. The van der Waals surface area contributed by atoms with Gasteiger partial charge in [-0.2, -0.15) is 4.31 Å². The molecule has 0 unspecified atom stereocenters. The predicted molar refractivity (Wildman–Crippen MR) is 89.3 cm³/mol. The minimum atomic E-state index is -3.54. The zero-order valence-corrected chi connectivity index (χ0v) is 15.0. The second kappa shape index (κ2) is 6.73. The number of carbonyl (C=O) groups is 1. The van der Waals surface area contributed by atoms with Gasteiger partial charge in [0.1, 0.15) is 10.8 Å². The number of aromatic nitrogens is 1. The molecule has 0 aliphatic carbocycles. The van der Waals surface area contributed by atoms with Gasteiger partial charge in [0.05, 0.1) is 11.5 Å². The van der Waals surface area contributed by atoms with Crippen molar-refractivity contribution >= 4 is 38.9 Å². The number of sulfonamides is 1. The van der Waals surface area contributed by atoms with Crippen LogP contribution in [0.1, 0.15) is 20.3 Å². The summed E-state index contributed by atoms with van der Waals surface area (Å²) < 4.78 is 37.0. The van der Waals surface area contributed by atoms with Crippen LogP contribution in [0.2, 0.25) is 0 Å². The number of hydrogen-bond donors (Lipinski definition) is 0. The Kier molecular flexibility index (Phi) is 4.84. The summed E-state index contributed by atoms with van der Waals surface area (Å²) in [7, 11) is -3.54. The molecule has 3 rings (SSSR count). The summed E-state index contributed by atoms with van der Waals surface area (Å²) >= 11 is 1.20. The molecule has 1 aromatic carbocycles. The normalized spacial score (nSPS) is 18.5. The van der Waals surface area contributed by atoms with Gasteiger partial charge >= 0.3 is 5.97 Å². The second-order valence-corrected chi connectivity index (χ2v) is 8.35. The average Bonchev–Trinajstić information content (AvgIpc) is 3.13. The molecule has 1 atom stereocenters. The summed E-state index contributed by atoms with van der Waals surface area (Å²) in [5.41, 5.74) is 0.944. The highest BCUT2D eigenvalue weighted by molar-refractivity contribution is 8.00. The maximum absolute atomic E-state index is 12.6. The van der Waals surface area contributed by atoms with Crippen LogP contribution >= 0.6 is 11.8 Å². The number of ether oxygens (including phenoxy) is 1. The van der Waals surface area contributed by atoms with E-state index in [2.05, 4.69) is 4.98 Å². The van der Waals surface area contributed by atoms with E-state index < -0.39 is 10.0 Å². The summed E-state index contributed by atoms with van der Waals surface area (Å²) in [6.45, 7) is 4.81. The molecule has 0 spiro atoms. The molecule has 7 nitrogen and oxygen atoms in total. The molecule has 0 amide bonds. The summed E-state index contributed by atoms with van der Waals surface area (Å²) in [5.74, 6) is -0.271. The van der Waals surface area contributed by atoms with Gasteiger partial charge in [-0.3, -0.25) is 4.79 Å². The van der Waals surface area contributed by atoms with Crippen LogP contribution in [0.25, 0.3) is 11.1 Å². The third-order valence-corrected chi connectivity index (χ3v) is 6.95. The molecule has 0 radical (unpaired) electrons. The molecule has 2 heterocycles. The third kappa shape index (κ3) is 3.15. The smallest absolute Gasteiger partial charge is 0.319 e. The predicted octanol–water partition coefficient (Wildman–Crippen LogP) is 2.27. The summed E-state index contributed by atoms with van der Waals surface area (Å²) in [6.07, 6.45) is 0.615. The van der Waals surface area contributed by atoms with Crippen LogP contribution in [0, 0.1) is 0 Å². The Morgan fingerprint density at radius 1 is 1.33 bits per heavy atom. The number of benzene rings is 1. The van der Waals surface area contributed by atoms with E-state index in [4.69, 9.17) is 9.15 Å². The maximum atomic E-state index is 12.6. The minimum Gasteiger partial charge on any atom is -0.465 e. The molecule has 24 heavy (non-hydrogen) atoms. The van der Waals surface area contributed by atoms with Crippen LogP contribution in [0.3, 0.4) is 0 Å². The Morgan fingerprint density at radius 3 is 2.71 bits per heavy atom. The lowest BCUT2D eigenvalue weighted by atomic mass is 10.3. The number of esters is 1. The van der Waals surface area contributed by atoms with Gasteiger partial charge in [-0.15, -0.1) is 0 Å². The van der Waals surface area contributed by atoms with E-state index in [-0.39, 0.29) is 16.1 Å². The molecule has 1 aromatic heterocycles. The molecule has 130 valence electrons. The number of hydrogen-bond acceptors (Lipinski definition) is 7. The van der Waals surface area contributed by atoms with Gasteiger partial charge in [-0.25, -0.2) is 13.4 Å². The highest BCUT2D eigenvalue weighted by Gasteiger charge is 2.29. The lowest BCUT2D eigenvalue weighted by Crippen LogP contribution is -2.30. The number of oxazole rings is 1. The molecule has 9 heteroatoms. The Balaban J connectivity index is 1.90. The molecule has 1 fully saturated rings. The molecule has 1 aliphatic rings. The number of rotatable bonds is 6. The first-order valence-electron chi connectivity index (χ1n) is 7.69. The first-order chi connectivity index (χ1) is 11.5. The SMILES string of the molecule is CCN(CC)S(=O)(=O)c1ccc2oc(S[C@H]3CCOC3=O)nc2c1. The van der Waals surface area contributed by atoms with E-state index in [1.54, 1.807) is 19.9 Å². The molecular formula is C15H18N2O5S2. The van der Waals surface area contributed by atoms with Crippen molar-refractivity contribution in [3.8, 4) is 0 Å². The quantitative estimate of drug-likeness (QED) is 0.721. The van der Waals surface area contributed by atoms with E-state index >= 15 is 0 Å². The first-order valence-corrected chi connectivity index (χ1v) is 10.0. The lowest BCUT2D eigenvalue weighted by Gasteiger charge is -2.18. The highest BCUT2D eigenvalue weighted by atomic mass is 32.2. The Bertz CT molecular complexity index is 858. The average molecular weight is 370 g/mol. The zero-order valence-electron chi connectivity index (χ0n) is 13.4. The fraction of sp³-hybridized carbons (Fsp3) is 0.467. The van der Waals surface area contributed by atoms with Gasteiger partial charge in [0.15, 0.2) is 5.58 Å². The van der Waals surface area contributed by atoms with E-state index in [9.17, 15) is 13.2 Å². The van der Waals surface area contributed by atoms with Crippen molar-refractivity contribution in [2.24, 2.45) is 0 Å². The van der Waals surface area contributed by atoms with Crippen LogP contribution in [0.5, 0.6) is 0 Å².